The average Bonchev–Trinajstić information content (AvgIpc) is 3.59. The average molecular weight is 668 g/mol. The van der Waals surface area contributed by atoms with Crippen LogP contribution in [0.3, 0.4) is 0 Å². The van der Waals surface area contributed by atoms with Gasteiger partial charge in [0.25, 0.3) is 10.0 Å². The number of nitrogens with zero attached hydrogens (tertiary/aromatic N) is 2. The van der Waals surface area contributed by atoms with E-state index in [-0.39, 0.29) is 35.5 Å². The van der Waals surface area contributed by atoms with Gasteiger partial charge in [-0.25, -0.2) is 8.42 Å². The zero-order valence-electron chi connectivity index (χ0n) is 28.0. The zero-order chi connectivity index (χ0) is 34.1. The van der Waals surface area contributed by atoms with Crippen LogP contribution in [0.1, 0.15) is 54.9 Å². The molecule has 252 valence electrons. The molecule has 1 aliphatic rings. The van der Waals surface area contributed by atoms with Gasteiger partial charge in [0.1, 0.15) is 18.3 Å². The molecule has 0 radical (unpaired) electrons. The van der Waals surface area contributed by atoms with Crippen LogP contribution in [0.2, 0.25) is 0 Å². The summed E-state index contributed by atoms with van der Waals surface area (Å²) in [6.45, 7) is 5.58. The molecule has 2 amide bonds. The van der Waals surface area contributed by atoms with Crippen molar-refractivity contribution in [3.05, 3.63) is 125 Å². The fraction of sp³-hybridized carbons (Fsp3) is 0.333. The van der Waals surface area contributed by atoms with E-state index in [0.717, 1.165) is 52.2 Å². The number of aryl methyl sites for hydroxylation is 2. The van der Waals surface area contributed by atoms with Gasteiger partial charge in [0.05, 0.1) is 17.2 Å². The van der Waals surface area contributed by atoms with Crippen molar-refractivity contribution >= 4 is 27.5 Å². The van der Waals surface area contributed by atoms with Gasteiger partial charge in [0.15, 0.2) is 0 Å². The van der Waals surface area contributed by atoms with Crippen LogP contribution in [0.15, 0.2) is 108 Å². The maximum Gasteiger partial charge on any atom is 0.264 e. The van der Waals surface area contributed by atoms with E-state index in [1.165, 1.54) is 0 Å². The topological polar surface area (TPSA) is 96.0 Å². The predicted octanol–water partition coefficient (Wildman–Crippen LogP) is 6.60. The summed E-state index contributed by atoms with van der Waals surface area (Å²) in [5, 5.41) is 3.22. The SMILES string of the molecule is CCOc1ccccc1N(CC(=O)N(Cc1cccc(C)c1)[C@H](Cc1ccccc1)C(=O)NC1CCCC1)S(=O)(=O)c1ccc(C)cc1. The Hall–Kier alpha value is -4.63. The van der Waals surface area contributed by atoms with Gasteiger partial charge in [-0.1, -0.05) is 103 Å². The lowest BCUT2D eigenvalue weighted by Crippen LogP contribution is -2.54. The predicted molar refractivity (Wildman–Crippen MR) is 189 cm³/mol. The summed E-state index contributed by atoms with van der Waals surface area (Å²) >= 11 is 0. The second kappa shape index (κ2) is 16.0. The molecule has 8 nitrogen and oxygen atoms in total. The molecule has 1 aliphatic carbocycles. The standard InChI is InChI=1S/C39H45N3O5S/c1-4-47-37-20-11-10-19-35(37)42(48(45,46)34-23-21-29(2)22-24-34)28-38(43)41(27-32-16-12-13-30(3)25-32)36(26-31-14-6-5-7-15-31)39(44)40-33-17-8-9-18-33/h5-7,10-16,19-25,33,36H,4,8-9,17-18,26-28H2,1-3H3,(H,40,44)/t36-/m1/s1. The van der Waals surface area contributed by atoms with Crippen LogP contribution in [0.5, 0.6) is 5.75 Å². The van der Waals surface area contributed by atoms with Crippen molar-refractivity contribution in [2.75, 3.05) is 17.5 Å². The molecule has 0 unspecified atom stereocenters. The van der Waals surface area contributed by atoms with Crippen LogP contribution >= 0.6 is 0 Å². The smallest absolute Gasteiger partial charge is 0.264 e. The molecule has 0 bridgehead atoms. The summed E-state index contributed by atoms with van der Waals surface area (Å²) in [5.41, 5.74) is 3.92. The van der Waals surface area contributed by atoms with Gasteiger partial charge in [-0.2, -0.15) is 0 Å². The number of sulfonamides is 1. The molecule has 1 atom stereocenters. The number of ether oxygens (including phenoxy) is 1. The highest BCUT2D eigenvalue weighted by Crippen LogP contribution is 2.33. The Labute approximate surface area is 284 Å². The summed E-state index contributed by atoms with van der Waals surface area (Å²) in [6, 6.07) is 30.0. The van der Waals surface area contributed by atoms with Crippen molar-refractivity contribution in [1.82, 2.24) is 10.2 Å². The van der Waals surface area contributed by atoms with Crippen molar-refractivity contribution in [2.45, 2.75) is 76.4 Å². The Morgan fingerprint density at radius 2 is 1.50 bits per heavy atom. The first-order chi connectivity index (χ1) is 23.2. The van der Waals surface area contributed by atoms with Crippen LogP contribution < -0.4 is 14.4 Å². The van der Waals surface area contributed by atoms with Gasteiger partial charge in [0, 0.05) is 19.0 Å². The van der Waals surface area contributed by atoms with Crippen molar-refractivity contribution in [2.24, 2.45) is 0 Å². The van der Waals surface area contributed by atoms with E-state index >= 15 is 0 Å². The van der Waals surface area contributed by atoms with Crippen LogP contribution in [0.25, 0.3) is 0 Å². The van der Waals surface area contributed by atoms with Crippen molar-refractivity contribution in [3.8, 4) is 5.75 Å². The number of hydrogen-bond donors (Lipinski definition) is 1. The van der Waals surface area contributed by atoms with E-state index in [1.807, 2.05) is 75.4 Å². The van der Waals surface area contributed by atoms with Gasteiger partial charge in [-0.05, 0) is 69.0 Å². The lowest BCUT2D eigenvalue weighted by molar-refractivity contribution is -0.140. The molecular weight excluding hydrogens is 623 g/mol. The molecule has 0 saturated heterocycles. The molecule has 9 heteroatoms. The highest BCUT2D eigenvalue weighted by Gasteiger charge is 2.36. The van der Waals surface area contributed by atoms with Crippen LogP contribution in [0.4, 0.5) is 5.69 Å². The van der Waals surface area contributed by atoms with E-state index in [0.29, 0.717) is 12.4 Å². The van der Waals surface area contributed by atoms with Gasteiger partial charge in [-0.15, -0.1) is 0 Å². The molecule has 0 aliphatic heterocycles. The van der Waals surface area contributed by atoms with E-state index in [2.05, 4.69) is 5.32 Å². The summed E-state index contributed by atoms with van der Waals surface area (Å²) < 4.78 is 35.8. The molecule has 1 fully saturated rings. The second-order valence-electron chi connectivity index (χ2n) is 12.4. The molecule has 0 spiro atoms. The number of carbonyl (C=O) groups is 2. The number of para-hydroxylation sites is 2. The Balaban J connectivity index is 1.59. The van der Waals surface area contributed by atoms with E-state index in [1.54, 1.807) is 53.4 Å². The third-order valence-corrected chi connectivity index (χ3v) is 10.5. The molecular formula is C39H45N3O5S. The lowest BCUT2D eigenvalue weighted by Gasteiger charge is -2.34. The normalized spacial score (nSPS) is 13.9. The van der Waals surface area contributed by atoms with E-state index < -0.39 is 28.5 Å². The molecule has 1 N–H and O–H groups in total. The monoisotopic (exact) mass is 667 g/mol. The van der Waals surface area contributed by atoms with Gasteiger partial charge in [-0.3, -0.25) is 13.9 Å². The largest absolute Gasteiger partial charge is 0.492 e. The Morgan fingerprint density at radius 1 is 0.833 bits per heavy atom. The van der Waals surface area contributed by atoms with Crippen molar-refractivity contribution in [3.63, 3.8) is 0 Å². The molecule has 4 aromatic carbocycles. The first-order valence-electron chi connectivity index (χ1n) is 16.7. The van der Waals surface area contributed by atoms with Gasteiger partial charge < -0.3 is 15.0 Å². The minimum Gasteiger partial charge on any atom is -0.492 e. The van der Waals surface area contributed by atoms with Crippen molar-refractivity contribution in [1.29, 1.82) is 0 Å². The van der Waals surface area contributed by atoms with E-state index in [9.17, 15) is 18.0 Å². The summed E-state index contributed by atoms with van der Waals surface area (Å²) in [6.07, 6.45) is 4.16. The van der Waals surface area contributed by atoms with Crippen molar-refractivity contribution < 1.29 is 22.7 Å². The number of rotatable bonds is 14. The number of nitrogens with one attached hydrogen (secondary N) is 1. The minimum atomic E-state index is -4.24. The summed E-state index contributed by atoms with van der Waals surface area (Å²) in [4.78, 5) is 30.6. The first kappa shape index (κ1) is 34.7. The number of benzene rings is 4. The molecule has 0 heterocycles. The summed E-state index contributed by atoms with van der Waals surface area (Å²) in [7, 11) is -4.24. The Bertz CT molecular complexity index is 1790. The van der Waals surface area contributed by atoms with Crippen LogP contribution in [-0.2, 0) is 32.6 Å². The fourth-order valence-corrected chi connectivity index (χ4v) is 7.64. The maximum atomic E-state index is 14.8. The molecule has 4 aromatic rings. The number of amides is 2. The Kier molecular flexibility index (Phi) is 11.5. The van der Waals surface area contributed by atoms with Gasteiger partial charge in [0.2, 0.25) is 11.8 Å². The van der Waals surface area contributed by atoms with E-state index in [4.69, 9.17) is 4.74 Å². The lowest BCUT2D eigenvalue weighted by atomic mass is 10.0. The fourth-order valence-electron chi connectivity index (χ4n) is 6.22. The third-order valence-electron chi connectivity index (χ3n) is 8.73. The summed E-state index contributed by atoms with van der Waals surface area (Å²) in [5.74, 6) is -0.399. The highest BCUT2D eigenvalue weighted by molar-refractivity contribution is 7.92. The number of anilines is 1. The highest BCUT2D eigenvalue weighted by atomic mass is 32.2. The maximum absolute atomic E-state index is 14.8. The minimum absolute atomic E-state index is 0.0446. The first-order valence-corrected chi connectivity index (χ1v) is 18.1. The number of hydrogen-bond acceptors (Lipinski definition) is 5. The van der Waals surface area contributed by atoms with Crippen LogP contribution in [-0.4, -0.2) is 50.4 Å². The molecule has 0 aromatic heterocycles. The number of carbonyl (C=O) groups excluding carboxylic acids is 2. The third kappa shape index (κ3) is 8.63. The van der Waals surface area contributed by atoms with Gasteiger partial charge >= 0.3 is 0 Å². The zero-order valence-corrected chi connectivity index (χ0v) is 28.8. The molecule has 48 heavy (non-hydrogen) atoms. The molecule has 5 rings (SSSR count). The van der Waals surface area contributed by atoms with Crippen LogP contribution in [0, 0.1) is 13.8 Å². The second-order valence-corrected chi connectivity index (χ2v) is 14.3. The Morgan fingerprint density at radius 3 is 2.19 bits per heavy atom. The quantitative estimate of drug-likeness (QED) is 0.164. The molecule has 1 saturated carbocycles.